The first-order valence-corrected chi connectivity index (χ1v) is 7.70. The maximum atomic E-state index is 12.8. The van der Waals surface area contributed by atoms with Gasteiger partial charge in [-0.1, -0.05) is 12.1 Å². The van der Waals surface area contributed by atoms with Gasteiger partial charge in [-0.3, -0.25) is 14.5 Å². The molecule has 2 aromatic carbocycles. The number of hydrogen-bond donors (Lipinski definition) is 0. The van der Waals surface area contributed by atoms with Crippen LogP contribution < -0.4 is 0 Å². The maximum Gasteiger partial charge on any atom is 0.261 e. The highest BCUT2D eigenvalue weighted by molar-refractivity contribution is 6.26. The van der Waals surface area contributed by atoms with Crippen molar-refractivity contribution >= 4 is 22.6 Å². The van der Waals surface area contributed by atoms with Gasteiger partial charge < -0.3 is 4.42 Å². The average molecular weight is 303 g/mol. The zero-order valence-corrected chi connectivity index (χ0v) is 12.3. The summed E-state index contributed by atoms with van der Waals surface area (Å²) in [7, 11) is 0. The molecule has 3 aromatic rings. The Kier molecular flexibility index (Phi) is 2.37. The minimum absolute atomic E-state index is 0.162. The second kappa shape index (κ2) is 4.32. The number of nitrogens with zero attached hydrogens (tertiary/aromatic N) is 1. The lowest BCUT2D eigenvalue weighted by Gasteiger charge is -2.27. The predicted octanol–water partition coefficient (Wildman–Crippen LogP) is 3.33. The lowest BCUT2D eigenvalue weighted by Crippen LogP contribution is -2.39. The third-order valence-electron chi connectivity index (χ3n) is 4.84. The zero-order valence-electron chi connectivity index (χ0n) is 12.3. The first-order chi connectivity index (χ1) is 11.2. The standard InChI is InChI=1S/C19H13NO3/c21-18-14-7-5-11-3-4-12-6-8-15(17(14)16(11)12)19(22)20(18)10-13-2-1-9-23-13/h1-2,5-9H,3-4,10H2. The van der Waals surface area contributed by atoms with Crippen molar-refractivity contribution in [1.29, 1.82) is 0 Å². The highest BCUT2D eigenvalue weighted by atomic mass is 16.3. The molecule has 5 rings (SSSR count). The molecular formula is C19H13NO3. The fourth-order valence-corrected chi connectivity index (χ4v) is 3.77. The molecular weight excluding hydrogens is 290 g/mol. The molecule has 0 saturated carbocycles. The summed E-state index contributed by atoms with van der Waals surface area (Å²) in [6.45, 7) is 0.162. The quantitative estimate of drug-likeness (QED) is 0.682. The number of rotatable bonds is 2. The van der Waals surface area contributed by atoms with Crippen LogP contribution in [0.3, 0.4) is 0 Å². The van der Waals surface area contributed by atoms with Crippen molar-refractivity contribution in [2.75, 3.05) is 0 Å². The van der Waals surface area contributed by atoms with Crippen LogP contribution in [0.5, 0.6) is 0 Å². The van der Waals surface area contributed by atoms with Gasteiger partial charge in [0.05, 0.1) is 12.8 Å². The number of imide groups is 1. The van der Waals surface area contributed by atoms with Crippen molar-refractivity contribution in [3.8, 4) is 0 Å². The van der Waals surface area contributed by atoms with Crippen molar-refractivity contribution in [3.63, 3.8) is 0 Å². The third kappa shape index (κ3) is 1.60. The molecule has 1 aliphatic carbocycles. The van der Waals surface area contributed by atoms with E-state index in [1.807, 2.05) is 24.3 Å². The van der Waals surface area contributed by atoms with Crippen LogP contribution in [0.4, 0.5) is 0 Å². The molecule has 2 amide bonds. The molecule has 0 atom stereocenters. The minimum Gasteiger partial charge on any atom is -0.467 e. The van der Waals surface area contributed by atoms with Crippen molar-refractivity contribution in [2.45, 2.75) is 19.4 Å². The van der Waals surface area contributed by atoms with Crippen LogP contribution in [-0.2, 0) is 19.4 Å². The molecule has 0 unspecified atom stereocenters. The van der Waals surface area contributed by atoms with E-state index in [0.717, 1.165) is 23.6 Å². The fraction of sp³-hybridized carbons (Fsp3) is 0.158. The average Bonchev–Trinajstić information content (AvgIpc) is 3.22. The van der Waals surface area contributed by atoms with E-state index >= 15 is 0 Å². The van der Waals surface area contributed by atoms with Gasteiger partial charge in [-0.2, -0.15) is 0 Å². The Morgan fingerprint density at radius 2 is 1.52 bits per heavy atom. The largest absolute Gasteiger partial charge is 0.467 e. The molecule has 4 nitrogen and oxygen atoms in total. The van der Waals surface area contributed by atoms with Crippen LogP contribution >= 0.6 is 0 Å². The first kappa shape index (κ1) is 12.6. The topological polar surface area (TPSA) is 50.5 Å². The summed E-state index contributed by atoms with van der Waals surface area (Å²) in [5, 5.41) is 1.95. The van der Waals surface area contributed by atoms with Gasteiger partial charge in [0.2, 0.25) is 0 Å². The maximum absolute atomic E-state index is 12.8. The van der Waals surface area contributed by atoms with E-state index in [1.54, 1.807) is 18.4 Å². The summed E-state index contributed by atoms with van der Waals surface area (Å²) in [4.78, 5) is 27.0. The lowest BCUT2D eigenvalue weighted by molar-refractivity contribution is 0.0587. The van der Waals surface area contributed by atoms with Crippen LogP contribution in [0.25, 0.3) is 10.8 Å². The van der Waals surface area contributed by atoms with Gasteiger partial charge in [-0.05, 0) is 53.6 Å². The number of carbonyl (C=O) groups is 2. The summed E-state index contributed by atoms with van der Waals surface area (Å²) >= 11 is 0. The molecule has 2 heterocycles. The van der Waals surface area contributed by atoms with Gasteiger partial charge in [-0.25, -0.2) is 0 Å². The van der Waals surface area contributed by atoms with Crippen molar-refractivity contribution in [1.82, 2.24) is 4.90 Å². The van der Waals surface area contributed by atoms with E-state index in [0.29, 0.717) is 16.9 Å². The van der Waals surface area contributed by atoms with Crippen LogP contribution in [0.2, 0.25) is 0 Å². The minimum atomic E-state index is -0.241. The van der Waals surface area contributed by atoms with Gasteiger partial charge in [0, 0.05) is 16.5 Å². The molecule has 0 bridgehead atoms. The Balaban J connectivity index is 1.73. The van der Waals surface area contributed by atoms with Crippen LogP contribution in [0.1, 0.15) is 37.6 Å². The van der Waals surface area contributed by atoms with Crippen molar-refractivity contribution in [3.05, 3.63) is 70.7 Å². The van der Waals surface area contributed by atoms with Gasteiger partial charge in [0.1, 0.15) is 5.76 Å². The molecule has 112 valence electrons. The number of carbonyl (C=O) groups excluding carboxylic acids is 2. The second-order valence-corrected chi connectivity index (χ2v) is 6.07. The molecule has 0 fully saturated rings. The molecule has 0 radical (unpaired) electrons. The molecule has 2 aliphatic rings. The van der Waals surface area contributed by atoms with Gasteiger partial charge in [0.15, 0.2) is 0 Å². The van der Waals surface area contributed by atoms with Crippen LogP contribution in [-0.4, -0.2) is 16.7 Å². The fourth-order valence-electron chi connectivity index (χ4n) is 3.77. The van der Waals surface area contributed by atoms with Crippen molar-refractivity contribution in [2.24, 2.45) is 0 Å². The van der Waals surface area contributed by atoms with Gasteiger partial charge >= 0.3 is 0 Å². The number of aryl methyl sites for hydroxylation is 2. The summed E-state index contributed by atoms with van der Waals surface area (Å²) in [5.74, 6) is 0.118. The molecule has 0 saturated heterocycles. The SMILES string of the molecule is O=C1c2ccc3c4c(ccc(c24)C(=O)N1Cc1ccco1)CC3. The van der Waals surface area contributed by atoms with E-state index in [2.05, 4.69) is 0 Å². The summed E-state index contributed by atoms with van der Waals surface area (Å²) in [6.07, 6.45) is 3.51. The lowest BCUT2D eigenvalue weighted by atomic mass is 9.91. The van der Waals surface area contributed by atoms with E-state index < -0.39 is 0 Å². The van der Waals surface area contributed by atoms with Gasteiger partial charge in [-0.15, -0.1) is 0 Å². The van der Waals surface area contributed by atoms with Crippen LogP contribution in [0.15, 0.2) is 47.1 Å². The Morgan fingerprint density at radius 3 is 2.09 bits per heavy atom. The molecule has 23 heavy (non-hydrogen) atoms. The van der Waals surface area contributed by atoms with E-state index in [9.17, 15) is 9.59 Å². The first-order valence-electron chi connectivity index (χ1n) is 7.70. The molecule has 4 heteroatoms. The van der Waals surface area contributed by atoms with Gasteiger partial charge in [0.25, 0.3) is 11.8 Å². The summed E-state index contributed by atoms with van der Waals surface area (Å²) < 4.78 is 5.30. The number of furan rings is 1. The van der Waals surface area contributed by atoms with Crippen LogP contribution in [0, 0.1) is 0 Å². The highest BCUT2D eigenvalue weighted by Crippen LogP contribution is 2.38. The smallest absolute Gasteiger partial charge is 0.261 e. The van der Waals surface area contributed by atoms with E-state index in [4.69, 9.17) is 4.42 Å². The predicted molar refractivity (Wildman–Crippen MR) is 84.3 cm³/mol. The zero-order chi connectivity index (χ0) is 15.6. The molecule has 0 spiro atoms. The highest BCUT2D eigenvalue weighted by Gasteiger charge is 2.35. The Labute approximate surface area is 132 Å². The number of amides is 2. The Bertz CT molecular complexity index is 927. The molecule has 1 aliphatic heterocycles. The third-order valence-corrected chi connectivity index (χ3v) is 4.84. The monoisotopic (exact) mass is 303 g/mol. The normalized spacial score (nSPS) is 15.7. The second-order valence-electron chi connectivity index (χ2n) is 6.07. The molecule has 0 N–H and O–H groups in total. The Morgan fingerprint density at radius 1 is 0.870 bits per heavy atom. The van der Waals surface area contributed by atoms with E-state index in [1.165, 1.54) is 16.0 Å². The summed E-state index contributed by atoms with van der Waals surface area (Å²) in [5.41, 5.74) is 3.71. The van der Waals surface area contributed by atoms with Crippen molar-refractivity contribution < 1.29 is 14.0 Å². The summed E-state index contributed by atoms with van der Waals surface area (Å²) in [6, 6.07) is 11.3. The number of benzene rings is 2. The number of hydrogen-bond acceptors (Lipinski definition) is 3. The van der Waals surface area contributed by atoms with E-state index in [-0.39, 0.29) is 18.4 Å². The molecule has 1 aromatic heterocycles. The Hall–Kier alpha value is -2.88.